The molecule has 0 bridgehead atoms. The average molecular weight is 556 g/mol. The van der Waals surface area contributed by atoms with Crippen LogP contribution in [0.1, 0.15) is 24.2 Å². The lowest BCUT2D eigenvalue weighted by Gasteiger charge is -2.32. The molecule has 2 saturated heterocycles. The minimum absolute atomic E-state index is 0.332. The van der Waals surface area contributed by atoms with Gasteiger partial charge in [0.05, 0.1) is 28.2 Å². The van der Waals surface area contributed by atoms with Crippen molar-refractivity contribution in [2.45, 2.75) is 19.4 Å². The number of anilines is 1. The molecule has 2 aliphatic rings. The van der Waals surface area contributed by atoms with E-state index in [-0.39, 0.29) is 11.1 Å². The molecule has 2 fully saturated rings. The first-order valence-corrected chi connectivity index (χ1v) is 13.9. The molecule has 9 nitrogen and oxygen atoms in total. The van der Waals surface area contributed by atoms with E-state index in [2.05, 4.69) is 30.5 Å². The van der Waals surface area contributed by atoms with Gasteiger partial charge in [0.25, 0.3) is 11.1 Å². The first kappa shape index (κ1) is 26.0. The predicted octanol–water partition coefficient (Wildman–Crippen LogP) is 4.56. The van der Waals surface area contributed by atoms with Crippen LogP contribution in [-0.4, -0.2) is 50.7 Å². The quantitative estimate of drug-likeness (QED) is 0.317. The minimum atomic E-state index is -0.400. The van der Waals surface area contributed by atoms with Crippen molar-refractivity contribution < 1.29 is 14.0 Å². The number of nitrogens with one attached hydrogen (secondary N) is 2. The summed E-state index contributed by atoms with van der Waals surface area (Å²) in [6.45, 7) is 3.05. The molecule has 0 atom stereocenters. The van der Waals surface area contributed by atoms with Crippen molar-refractivity contribution in [3.05, 3.63) is 83.2 Å². The molecular formula is C29H26FN7O2S. The number of nitrogens with zero attached hydrogens (tertiary/aromatic N) is 5. The van der Waals surface area contributed by atoms with E-state index in [1.54, 1.807) is 30.6 Å². The van der Waals surface area contributed by atoms with Gasteiger partial charge in [0, 0.05) is 43.0 Å². The fourth-order valence-corrected chi connectivity index (χ4v) is 5.68. The van der Waals surface area contributed by atoms with Crippen molar-refractivity contribution in [1.29, 1.82) is 0 Å². The Balaban J connectivity index is 1.08. The van der Waals surface area contributed by atoms with Gasteiger partial charge in [-0.3, -0.25) is 24.9 Å². The van der Waals surface area contributed by atoms with E-state index >= 15 is 0 Å². The maximum Gasteiger partial charge on any atom is 0.290 e. The zero-order valence-corrected chi connectivity index (χ0v) is 22.3. The van der Waals surface area contributed by atoms with Crippen molar-refractivity contribution in [3.63, 3.8) is 0 Å². The van der Waals surface area contributed by atoms with E-state index in [0.717, 1.165) is 60.7 Å². The van der Waals surface area contributed by atoms with E-state index in [1.807, 2.05) is 30.3 Å². The van der Waals surface area contributed by atoms with Crippen molar-refractivity contribution in [3.8, 4) is 11.3 Å². The monoisotopic (exact) mass is 555 g/mol. The van der Waals surface area contributed by atoms with Gasteiger partial charge in [-0.25, -0.2) is 14.4 Å². The van der Waals surface area contributed by atoms with E-state index in [9.17, 15) is 14.0 Å². The maximum absolute atomic E-state index is 14.4. The molecular weight excluding hydrogens is 529 g/mol. The van der Waals surface area contributed by atoms with Crippen molar-refractivity contribution in [1.82, 2.24) is 30.6 Å². The lowest BCUT2D eigenvalue weighted by molar-refractivity contribution is -0.115. The molecule has 4 aromatic rings. The van der Waals surface area contributed by atoms with Crippen LogP contribution in [0.15, 0.2) is 66.0 Å². The van der Waals surface area contributed by atoms with Crippen LogP contribution in [0.2, 0.25) is 0 Å². The number of hydrogen-bond acceptors (Lipinski definition) is 9. The van der Waals surface area contributed by atoms with Gasteiger partial charge in [0.2, 0.25) is 5.95 Å². The number of imide groups is 1. The normalized spacial score (nSPS) is 17.1. The molecule has 6 rings (SSSR count). The number of aromatic nitrogens is 4. The summed E-state index contributed by atoms with van der Waals surface area (Å²) in [7, 11) is 0. The summed E-state index contributed by atoms with van der Waals surface area (Å²) >= 11 is 0.874. The zero-order valence-electron chi connectivity index (χ0n) is 21.5. The number of thioether (sulfide) groups is 1. The third-order valence-corrected chi connectivity index (χ3v) is 7.89. The number of halogens is 1. The predicted molar refractivity (Wildman–Crippen MR) is 153 cm³/mol. The number of hydrogen-bond donors (Lipinski definition) is 2. The van der Waals surface area contributed by atoms with Crippen LogP contribution in [0.5, 0.6) is 0 Å². The highest BCUT2D eigenvalue weighted by Gasteiger charge is 2.26. The molecule has 40 heavy (non-hydrogen) atoms. The van der Waals surface area contributed by atoms with E-state index in [4.69, 9.17) is 4.98 Å². The highest BCUT2D eigenvalue weighted by atomic mass is 32.2. The third-order valence-electron chi connectivity index (χ3n) is 7.08. The molecule has 5 heterocycles. The maximum atomic E-state index is 14.4. The zero-order chi connectivity index (χ0) is 27.5. The largest absolute Gasteiger partial charge is 0.341 e. The Labute approximate surface area is 234 Å². The first-order valence-electron chi connectivity index (χ1n) is 13.1. The number of carbonyl (C=O) groups excluding carboxylic acids is 2. The summed E-state index contributed by atoms with van der Waals surface area (Å²) in [5.74, 6) is 0.313. The SMILES string of the molecule is O=C1NC(=O)/C(=C/c2ccnc(N3CCC(CNCc4nc(-c5ccncc5F)cc5ccccc45)CC3)n2)S1. The summed E-state index contributed by atoms with van der Waals surface area (Å²) in [4.78, 5) is 43.4. The smallest absolute Gasteiger partial charge is 0.290 e. The summed E-state index contributed by atoms with van der Waals surface area (Å²) in [5, 5.41) is 7.52. The summed E-state index contributed by atoms with van der Waals surface area (Å²) < 4.78 is 14.4. The highest BCUT2D eigenvalue weighted by molar-refractivity contribution is 8.18. The number of fused-ring (bicyclic) bond motifs is 1. The molecule has 2 N–H and O–H groups in total. The summed E-state index contributed by atoms with van der Waals surface area (Å²) in [6.07, 6.45) is 8.03. The number of benzene rings is 1. The molecule has 1 aromatic carbocycles. The van der Waals surface area contributed by atoms with Crippen LogP contribution in [0.25, 0.3) is 28.1 Å². The molecule has 0 radical (unpaired) electrons. The Morgan fingerprint density at radius 2 is 1.95 bits per heavy atom. The Morgan fingerprint density at radius 3 is 2.75 bits per heavy atom. The van der Waals surface area contributed by atoms with Gasteiger partial charge < -0.3 is 10.2 Å². The number of carbonyl (C=O) groups is 2. The molecule has 0 spiro atoms. The molecule has 202 valence electrons. The van der Waals surface area contributed by atoms with Gasteiger partial charge in [0.15, 0.2) is 5.82 Å². The molecule has 0 unspecified atom stereocenters. The Hall–Kier alpha value is -4.22. The molecule has 11 heteroatoms. The second-order valence-electron chi connectivity index (χ2n) is 9.73. The van der Waals surface area contributed by atoms with Gasteiger partial charge in [-0.05, 0) is 66.7 Å². The number of amides is 2. The number of rotatable bonds is 7. The Morgan fingerprint density at radius 1 is 1.10 bits per heavy atom. The fraction of sp³-hybridized carbons (Fsp3) is 0.241. The molecule has 0 saturated carbocycles. The summed E-state index contributed by atoms with van der Waals surface area (Å²) in [6, 6.07) is 13.3. The van der Waals surface area contributed by atoms with Crippen LogP contribution in [0.4, 0.5) is 15.1 Å². The second kappa shape index (κ2) is 11.5. The topological polar surface area (TPSA) is 113 Å². The molecule has 2 amide bonds. The third kappa shape index (κ3) is 5.70. The summed E-state index contributed by atoms with van der Waals surface area (Å²) in [5.41, 5.74) is 2.52. The highest BCUT2D eigenvalue weighted by Crippen LogP contribution is 2.28. The van der Waals surface area contributed by atoms with E-state index < -0.39 is 5.91 Å². The second-order valence-corrected chi connectivity index (χ2v) is 10.7. The van der Waals surface area contributed by atoms with Gasteiger partial charge >= 0.3 is 0 Å². The Kier molecular flexibility index (Phi) is 7.47. The lowest BCUT2D eigenvalue weighted by atomic mass is 9.97. The van der Waals surface area contributed by atoms with Crippen LogP contribution in [0, 0.1) is 11.7 Å². The van der Waals surface area contributed by atoms with Gasteiger partial charge in [0.1, 0.15) is 0 Å². The van der Waals surface area contributed by atoms with Crippen LogP contribution in [0.3, 0.4) is 0 Å². The average Bonchev–Trinajstić information content (AvgIpc) is 3.29. The van der Waals surface area contributed by atoms with Crippen molar-refractivity contribution >= 4 is 45.7 Å². The number of pyridine rings is 2. The fourth-order valence-electron chi connectivity index (χ4n) is 5.01. The Bertz CT molecular complexity index is 1620. The van der Waals surface area contributed by atoms with Gasteiger partial charge in [-0.1, -0.05) is 24.3 Å². The van der Waals surface area contributed by atoms with Gasteiger partial charge in [-0.15, -0.1) is 0 Å². The first-order chi connectivity index (χ1) is 19.5. The van der Waals surface area contributed by atoms with Crippen molar-refractivity contribution in [2.75, 3.05) is 24.5 Å². The van der Waals surface area contributed by atoms with Crippen LogP contribution >= 0.6 is 11.8 Å². The molecule has 0 aliphatic carbocycles. The molecule has 3 aromatic heterocycles. The minimum Gasteiger partial charge on any atom is -0.341 e. The lowest BCUT2D eigenvalue weighted by Crippen LogP contribution is -2.38. The standard InChI is InChI=1S/C29H26FN7O2S/c30-23-16-31-9-6-22(23)24-13-19-3-1-2-4-21(19)25(35-24)17-32-15-18-7-11-37(12-8-18)28-33-10-5-20(34-28)14-26-27(38)36-29(39)40-26/h1-6,9-10,13-14,16,18,32H,7-8,11-12,15,17H2,(H,36,38,39)/b26-14-. The van der Waals surface area contributed by atoms with Crippen LogP contribution < -0.4 is 15.5 Å². The van der Waals surface area contributed by atoms with E-state index in [1.165, 1.54) is 6.20 Å². The van der Waals surface area contributed by atoms with Gasteiger partial charge in [-0.2, -0.15) is 0 Å². The molecule has 2 aliphatic heterocycles. The van der Waals surface area contributed by atoms with Crippen LogP contribution in [-0.2, 0) is 11.3 Å². The number of piperidine rings is 1. The van der Waals surface area contributed by atoms with Crippen molar-refractivity contribution in [2.24, 2.45) is 5.92 Å². The van der Waals surface area contributed by atoms with E-state index in [0.29, 0.717) is 40.3 Å².